The molecule has 1 aromatic heterocycles. The van der Waals surface area contributed by atoms with Crippen LogP contribution in [0.25, 0.3) is 0 Å². The van der Waals surface area contributed by atoms with Crippen molar-refractivity contribution in [1.82, 2.24) is 9.97 Å². The van der Waals surface area contributed by atoms with Crippen LogP contribution >= 0.6 is 23.2 Å². The molecule has 0 bridgehead atoms. The zero-order chi connectivity index (χ0) is 18.4. The van der Waals surface area contributed by atoms with E-state index < -0.39 is 0 Å². The van der Waals surface area contributed by atoms with Crippen LogP contribution in [0.15, 0.2) is 54.7 Å². The highest BCUT2D eigenvalue weighted by atomic mass is 35.5. The fraction of sp³-hybridized carbons (Fsp3) is 0.111. The smallest absolute Gasteiger partial charge is 0.224 e. The second-order valence-corrected chi connectivity index (χ2v) is 6.13. The quantitative estimate of drug-likeness (QED) is 0.311. The molecule has 0 aliphatic rings. The van der Waals surface area contributed by atoms with Gasteiger partial charge in [0.1, 0.15) is 17.4 Å². The number of ether oxygens (including phenoxy) is 1. The average Bonchev–Trinajstić information content (AvgIpc) is 2.62. The van der Waals surface area contributed by atoms with Gasteiger partial charge in [0.05, 0.1) is 6.20 Å². The van der Waals surface area contributed by atoms with Crippen LogP contribution in [0.1, 0.15) is 0 Å². The fourth-order valence-electron chi connectivity index (χ4n) is 2.25. The summed E-state index contributed by atoms with van der Waals surface area (Å²) >= 11 is 11.9. The molecule has 3 aromatic rings. The van der Waals surface area contributed by atoms with Gasteiger partial charge in [0.15, 0.2) is 5.82 Å². The molecule has 0 fully saturated rings. The highest BCUT2D eigenvalue weighted by molar-refractivity contribution is 6.33. The van der Waals surface area contributed by atoms with Gasteiger partial charge in [0.25, 0.3) is 0 Å². The molecule has 6 nitrogen and oxygen atoms in total. The molecule has 26 heavy (non-hydrogen) atoms. The molecule has 0 unspecified atom stereocenters. The maximum absolute atomic E-state index is 6.07. The van der Waals surface area contributed by atoms with E-state index in [0.29, 0.717) is 29.7 Å². The summed E-state index contributed by atoms with van der Waals surface area (Å²) < 4.78 is 5.66. The zero-order valence-electron chi connectivity index (χ0n) is 13.7. The minimum Gasteiger partial charge on any atom is -0.492 e. The molecule has 0 atom stereocenters. The number of halogens is 2. The van der Waals surface area contributed by atoms with E-state index in [0.717, 1.165) is 17.1 Å². The monoisotopic (exact) mass is 389 g/mol. The second-order valence-electron chi connectivity index (χ2n) is 5.39. The molecule has 0 spiro atoms. The number of anilines is 4. The second kappa shape index (κ2) is 8.60. The number of nitrogens with two attached hydrogens (primary N) is 1. The Kier molecular flexibility index (Phi) is 5.99. The molecule has 1 heterocycles. The normalized spacial score (nSPS) is 10.4. The Morgan fingerprint density at radius 1 is 1.04 bits per heavy atom. The van der Waals surface area contributed by atoms with Crippen LogP contribution in [0.5, 0.6) is 5.75 Å². The lowest BCUT2D eigenvalue weighted by molar-refractivity contribution is 0.333. The van der Waals surface area contributed by atoms with Gasteiger partial charge in [-0.25, -0.2) is 4.98 Å². The molecule has 0 aliphatic heterocycles. The molecule has 0 aliphatic carbocycles. The van der Waals surface area contributed by atoms with Gasteiger partial charge in [-0.2, -0.15) is 4.98 Å². The Labute approximate surface area is 161 Å². The largest absolute Gasteiger partial charge is 0.492 e. The predicted molar refractivity (Wildman–Crippen MR) is 107 cm³/mol. The van der Waals surface area contributed by atoms with E-state index in [1.807, 2.05) is 42.5 Å². The first kappa shape index (κ1) is 18.1. The van der Waals surface area contributed by atoms with Crippen molar-refractivity contribution in [3.63, 3.8) is 0 Å². The van der Waals surface area contributed by atoms with Crippen LogP contribution in [-0.2, 0) is 0 Å². The molecule has 134 valence electrons. The summed E-state index contributed by atoms with van der Waals surface area (Å²) in [4.78, 5) is 7.90. The Hall–Kier alpha value is -2.70. The Bertz CT molecular complexity index is 891. The molecular weight excluding hydrogens is 373 g/mol. The molecule has 0 saturated carbocycles. The Balaban J connectivity index is 1.55. The standard InChI is InChI=1S/C18H17Cl2N5O/c19-16-11-23-18(20)25-17(16)24-14-5-2-4-13(10-14)22-7-8-26-15-6-1-3-12(21)9-15/h1-6,9-11,22H,7-8,21H2,(H,23,24,25). The topological polar surface area (TPSA) is 85.1 Å². The molecule has 0 saturated heterocycles. The van der Waals surface area contributed by atoms with Crippen LogP contribution in [0.3, 0.4) is 0 Å². The van der Waals surface area contributed by atoms with Gasteiger partial charge in [-0.1, -0.05) is 23.7 Å². The molecule has 3 rings (SSSR count). The Morgan fingerprint density at radius 2 is 1.85 bits per heavy atom. The lowest BCUT2D eigenvalue weighted by Gasteiger charge is -2.11. The van der Waals surface area contributed by atoms with Crippen molar-refractivity contribution in [1.29, 1.82) is 0 Å². The van der Waals surface area contributed by atoms with Gasteiger partial charge >= 0.3 is 0 Å². The summed E-state index contributed by atoms with van der Waals surface area (Å²) in [6.45, 7) is 1.15. The van der Waals surface area contributed by atoms with E-state index >= 15 is 0 Å². The van der Waals surface area contributed by atoms with E-state index in [-0.39, 0.29) is 5.28 Å². The number of nitrogens with one attached hydrogen (secondary N) is 2. The number of nitrogens with zero attached hydrogens (tertiary/aromatic N) is 2. The number of hydrogen-bond donors (Lipinski definition) is 3. The van der Waals surface area contributed by atoms with E-state index in [2.05, 4.69) is 20.6 Å². The van der Waals surface area contributed by atoms with Crippen molar-refractivity contribution in [2.45, 2.75) is 0 Å². The third kappa shape index (κ3) is 5.15. The Morgan fingerprint density at radius 3 is 2.69 bits per heavy atom. The van der Waals surface area contributed by atoms with E-state index in [9.17, 15) is 0 Å². The fourth-order valence-corrected chi connectivity index (χ4v) is 2.52. The van der Waals surface area contributed by atoms with E-state index in [1.54, 1.807) is 6.07 Å². The number of rotatable bonds is 7. The van der Waals surface area contributed by atoms with Gasteiger partial charge in [0.2, 0.25) is 5.28 Å². The third-order valence-electron chi connectivity index (χ3n) is 3.40. The van der Waals surface area contributed by atoms with Gasteiger partial charge in [-0.15, -0.1) is 0 Å². The van der Waals surface area contributed by atoms with Crippen LogP contribution in [0.4, 0.5) is 22.9 Å². The highest BCUT2D eigenvalue weighted by Crippen LogP contribution is 2.25. The maximum Gasteiger partial charge on any atom is 0.224 e. The van der Waals surface area contributed by atoms with Gasteiger partial charge in [0, 0.05) is 29.7 Å². The highest BCUT2D eigenvalue weighted by Gasteiger charge is 2.05. The summed E-state index contributed by atoms with van der Waals surface area (Å²) in [5.41, 5.74) is 8.16. The minimum atomic E-state index is 0.130. The van der Waals surface area contributed by atoms with Crippen molar-refractivity contribution >= 4 is 46.1 Å². The summed E-state index contributed by atoms with van der Waals surface area (Å²) in [6.07, 6.45) is 1.45. The summed E-state index contributed by atoms with van der Waals surface area (Å²) in [5, 5.41) is 6.94. The molecule has 0 amide bonds. The molecule has 8 heteroatoms. The van der Waals surface area contributed by atoms with Crippen molar-refractivity contribution in [2.75, 3.05) is 29.5 Å². The minimum absolute atomic E-state index is 0.130. The van der Waals surface area contributed by atoms with Gasteiger partial charge < -0.3 is 21.1 Å². The maximum atomic E-state index is 6.07. The van der Waals surface area contributed by atoms with Crippen LogP contribution in [-0.4, -0.2) is 23.1 Å². The van der Waals surface area contributed by atoms with Crippen LogP contribution < -0.4 is 21.1 Å². The molecule has 2 aromatic carbocycles. The summed E-state index contributed by atoms with van der Waals surface area (Å²) in [7, 11) is 0. The summed E-state index contributed by atoms with van der Waals surface area (Å²) in [5.74, 6) is 1.20. The number of hydrogen-bond acceptors (Lipinski definition) is 6. The van der Waals surface area contributed by atoms with E-state index in [4.69, 9.17) is 33.7 Å². The third-order valence-corrected chi connectivity index (χ3v) is 3.86. The van der Waals surface area contributed by atoms with E-state index in [1.165, 1.54) is 6.20 Å². The lowest BCUT2D eigenvalue weighted by Crippen LogP contribution is -2.11. The lowest BCUT2D eigenvalue weighted by atomic mass is 10.2. The summed E-state index contributed by atoms with van der Waals surface area (Å²) in [6, 6.07) is 15.1. The van der Waals surface area contributed by atoms with Crippen molar-refractivity contribution in [3.8, 4) is 5.75 Å². The average molecular weight is 390 g/mol. The molecule has 4 N–H and O–H groups in total. The first-order valence-electron chi connectivity index (χ1n) is 7.87. The SMILES string of the molecule is Nc1cccc(OCCNc2cccc(Nc3nc(Cl)ncc3Cl)c2)c1. The molecule has 0 radical (unpaired) electrons. The predicted octanol–water partition coefficient (Wildman–Crippen LogP) is 4.60. The number of benzene rings is 2. The molecular formula is C18H17Cl2N5O. The van der Waals surface area contributed by atoms with Crippen molar-refractivity contribution in [2.24, 2.45) is 0 Å². The number of aromatic nitrogens is 2. The van der Waals surface area contributed by atoms with Crippen molar-refractivity contribution < 1.29 is 4.74 Å². The first-order valence-corrected chi connectivity index (χ1v) is 8.63. The van der Waals surface area contributed by atoms with Crippen LogP contribution in [0, 0.1) is 0 Å². The zero-order valence-corrected chi connectivity index (χ0v) is 15.3. The van der Waals surface area contributed by atoms with Crippen molar-refractivity contribution in [3.05, 3.63) is 65.0 Å². The first-order chi connectivity index (χ1) is 12.6. The van der Waals surface area contributed by atoms with Crippen LogP contribution in [0.2, 0.25) is 10.3 Å². The van der Waals surface area contributed by atoms with Gasteiger partial charge in [-0.05, 0) is 41.9 Å². The van der Waals surface area contributed by atoms with Gasteiger partial charge in [-0.3, -0.25) is 0 Å². The number of nitrogen functional groups attached to an aromatic ring is 1.